The van der Waals surface area contributed by atoms with Gasteiger partial charge in [0.2, 0.25) is 11.9 Å². The van der Waals surface area contributed by atoms with E-state index in [9.17, 15) is 9.59 Å². The molecule has 6 aromatic rings. The van der Waals surface area contributed by atoms with E-state index in [0.717, 1.165) is 21.6 Å². The summed E-state index contributed by atoms with van der Waals surface area (Å²) in [4.78, 5) is 35.4. The van der Waals surface area contributed by atoms with Gasteiger partial charge in [-0.05, 0) is 35.1 Å². The minimum Gasteiger partial charge on any atom is -0.310 e. The fraction of sp³-hybridized carbons (Fsp3) is 0.118. The molecule has 0 spiro atoms. The first-order valence-electron chi connectivity index (χ1n) is 13.7. The molecule has 0 aliphatic rings. The molecular weight excluding hydrogens is 542 g/mol. The number of amides is 1. The van der Waals surface area contributed by atoms with E-state index in [0.29, 0.717) is 29.2 Å². The highest BCUT2D eigenvalue weighted by Crippen LogP contribution is 2.30. The smallest absolute Gasteiger partial charge is 0.256 e. The Balaban J connectivity index is 1.33. The number of benzene rings is 3. The summed E-state index contributed by atoms with van der Waals surface area (Å²) in [6, 6.07) is 35.6. The summed E-state index contributed by atoms with van der Waals surface area (Å²) in [5.41, 5.74) is 4.78. The molecule has 0 aliphatic carbocycles. The molecule has 7 nitrogen and oxygen atoms in total. The van der Waals surface area contributed by atoms with E-state index in [1.54, 1.807) is 11.3 Å². The van der Waals surface area contributed by atoms with Gasteiger partial charge in [0, 0.05) is 30.4 Å². The Morgan fingerprint density at radius 2 is 1.55 bits per heavy atom. The predicted octanol–water partition coefficient (Wildman–Crippen LogP) is 6.74. The minimum atomic E-state index is -0.236. The van der Waals surface area contributed by atoms with Gasteiger partial charge in [-0.2, -0.15) is 9.78 Å². The summed E-state index contributed by atoms with van der Waals surface area (Å²) in [5, 5.41) is 9.78. The highest BCUT2D eigenvalue weighted by molar-refractivity contribution is 7.13. The van der Waals surface area contributed by atoms with Crippen molar-refractivity contribution >= 4 is 23.1 Å². The van der Waals surface area contributed by atoms with Gasteiger partial charge in [0.15, 0.2) is 0 Å². The molecule has 6 rings (SSSR count). The second kappa shape index (κ2) is 12.2. The number of thiophene rings is 1. The van der Waals surface area contributed by atoms with Crippen LogP contribution in [0.25, 0.3) is 16.5 Å². The van der Waals surface area contributed by atoms with Crippen LogP contribution in [0.1, 0.15) is 40.3 Å². The van der Waals surface area contributed by atoms with Crippen LogP contribution in [0, 0.1) is 6.92 Å². The van der Waals surface area contributed by atoms with Gasteiger partial charge in [-0.15, -0.1) is 11.3 Å². The maximum absolute atomic E-state index is 13.6. The Hall–Kier alpha value is -5.08. The number of anilines is 1. The predicted molar refractivity (Wildman–Crippen MR) is 167 cm³/mol. The molecule has 0 fully saturated rings. The normalized spacial score (nSPS) is 11.1. The molecule has 0 atom stereocenters. The number of H-pyrrole nitrogens is 1. The van der Waals surface area contributed by atoms with Crippen molar-refractivity contribution < 1.29 is 4.79 Å². The Bertz CT molecular complexity index is 1810. The molecule has 0 saturated heterocycles. The van der Waals surface area contributed by atoms with Crippen LogP contribution in [-0.2, 0) is 11.2 Å². The van der Waals surface area contributed by atoms with Crippen molar-refractivity contribution in [2.45, 2.75) is 25.7 Å². The average Bonchev–Trinajstić information content (AvgIpc) is 3.70. The van der Waals surface area contributed by atoms with E-state index in [4.69, 9.17) is 10.1 Å². The Kier molecular flexibility index (Phi) is 7.87. The van der Waals surface area contributed by atoms with E-state index in [-0.39, 0.29) is 29.8 Å². The third-order valence-electron chi connectivity index (χ3n) is 7.18. The molecule has 0 aliphatic heterocycles. The zero-order valence-electron chi connectivity index (χ0n) is 23.0. The van der Waals surface area contributed by atoms with Crippen molar-refractivity contribution in [1.82, 2.24) is 19.7 Å². The molecule has 3 aromatic carbocycles. The van der Waals surface area contributed by atoms with Gasteiger partial charge in [0.25, 0.3) is 5.56 Å². The van der Waals surface area contributed by atoms with Gasteiger partial charge in [0.05, 0.1) is 10.6 Å². The molecule has 42 heavy (non-hydrogen) atoms. The molecular formula is C34H29N5O2S. The van der Waals surface area contributed by atoms with Crippen LogP contribution < -0.4 is 10.9 Å². The molecule has 3 heterocycles. The van der Waals surface area contributed by atoms with Crippen molar-refractivity contribution in [3.63, 3.8) is 0 Å². The van der Waals surface area contributed by atoms with Crippen molar-refractivity contribution in [2.24, 2.45) is 0 Å². The fourth-order valence-electron chi connectivity index (χ4n) is 5.06. The van der Waals surface area contributed by atoms with E-state index >= 15 is 0 Å². The minimum absolute atomic E-state index is 0.127. The number of carbonyl (C=O) groups is 1. The first-order valence-corrected chi connectivity index (χ1v) is 14.6. The van der Waals surface area contributed by atoms with Crippen LogP contribution in [-0.4, -0.2) is 25.7 Å². The summed E-state index contributed by atoms with van der Waals surface area (Å²) in [5.74, 6) is 0.376. The molecule has 0 bridgehead atoms. The largest absolute Gasteiger partial charge is 0.310 e. The first kappa shape index (κ1) is 27.1. The van der Waals surface area contributed by atoms with Gasteiger partial charge < -0.3 is 5.32 Å². The number of rotatable bonds is 9. The van der Waals surface area contributed by atoms with Crippen LogP contribution >= 0.6 is 11.3 Å². The number of aromatic amines is 1. The molecule has 208 valence electrons. The lowest BCUT2D eigenvalue weighted by Crippen LogP contribution is -2.23. The summed E-state index contributed by atoms with van der Waals surface area (Å²) in [6.45, 7) is 1.82. The maximum atomic E-state index is 13.6. The Morgan fingerprint density at radius 3 is 2.14 bits per heavy atom. The van der Waals surface area contributed by atoms with Crippen molar-refractivity contribution in [3.8, 4) is 16.5 Å². The number of carbonyl (C=O) groups excluding carboxylic acids is 1. The zero-order chi connectivity index (χ0) is 28.9. The Labute approximate surface area is 247 Å². The van der Waals surface area contributed by atoms with E-state index < -0.39 is 0 Å². The maximum Gasteiger partial charge on any atom is 0.256 e. The second-order valence-electron chi connectivity index (χ2n) is 10.0. The van der Waals surface area contributed by atoms with Gasteiger partial charge in [-0.3, -0.25) is 14.6 Å². The van der Waals surface area contributed by atoms with Crippen molar-refractivity contribution in [2.75, 3.05) is 5.32 Å². The third kappa shape index (κ3) is 5.99. The molecule has 0 unspecified atom stereocenters. The standard InChI is InChI=1S/C34H29N5O2S/c1-23-27(20-24-12-5-2-6-13-24)33(41)37-34(35-23)39-31(22-29(38-39)30-18-11-19-42-30)36-32(40)21-28(25-14-7-3-8-15-25)26-16-9-4-10-17-26/h2-19,22,28H,20-21H2,1H3,(H,36,40)(H,35,37,41). The number of nitrogens with zero attached hydrogens (tertiary/aromatic N) is 3. The average molecular weight is 572 g/mol. The highest BCUT2D eigenvalue weighted by Gasteiger charge is 2.22. The van der Waals surface area contributed by atoms with Gasteiger partial charge >= 0.3 is 0 Å². The third-order valence-corrected chi connectivity index (χ3v) is 8.07. The highest BCUT2D eigenvalue weighted by atomic mass is 32.1. The number of nitrogens with one attached hydrogen (secondary N) is 2. The van der Waals surface area contributed by atoms with Gasteiger partial charge in [0.1, 0.15) is 11.5 Å². The number of hydrogen-bond donors (Lipinski definition) is 2. The SMILES string of the molecule is Cc1nc(-n2nc(-c3cccs3)cc2NC(=O)CC(c2ccccc2)c2ccccc2)[nH]c(=O)c1Cc1ccccc1. The molecule has 0 saturated carbocycles. The van der Waals surface area contributed by atoms with Gasteiger partial charge in [-0.1, -0.05) is 97.1 Å². The number of aryl methyl sites for hydroxylation is 1. The van der Waals surface area contributed by atoms with Crippen LogP contribution in [0.2, 0.25) is 0 Å². The van der Waals surface area contributed by atoms with Crippen LogP contribution in [0.5, 0.6) is 0 Å². The molecule has 0 radical (unpaired) electrons. The van der Waals surface area contributed by atoms with Gasteiger partial charge in [-0.25, -0.2) is 4.98 Å². The quantitative estimate of drug-likeness (QED) is 0.201. The monoisotopic (exact) mass is 571 g/mol. The van der Waals surface area contributed by atoms with E-state index in [1.165, 1.54) is 4.68 Å². The topological polar surface area (TPSA) is 92.7 Å². The lowest BCUT2D eigenvalue weighted by molar-refractivity contribution is -0.116. The first-order chi connectivity index (χ1) is 20.5. The summed E-state index contributed by atoms with van der Waals surface area (Å²) in [6.07, 6.45) is 0.700. The molecule has 1 amide bonds. The van der Waals surface area contributed by atoms with E-state index in [1.807, 2.05) is 121 Å². The van der Waals surface area contributed by atoms with Crippen molar-refractivity contribution in [3.05, 3.63) is 153 Å². The summed E-state index contributed by atoms with van der Waals surface area (Å²) < 4.78 is 1.51. The lowest BCUT2D eigenvalue weighted by Gasteiger charge is -2.18. The lowest BCUT2D eigenvalue weighted by atomic mass is 9.88. The van der Waals surface area contributed by atoms with Crippen molar-refractivity contribution in [1.29, 1.82) is 0 Å². The zero-order valence-corrected chi connectivity index (χ0v) is 23.8. The molecule has 8 heteroatoms. The van der Waals surface area contributed by atoms with Crippen LogP contribution in [0.3, 0.4) is 0 Å². The molecule has 2 N–H and O–H groups in total. The fourth-order valence-corrected chi connectivity index (χ4v) is 5.74. The second-order valence-corrected chi connectivity index (χ2v) is 11.0. The number of hydrogen-bond acceptors (Lipinski definition) is 5. The van der Waals surface area contributed by atoms with Crippen LogP contribution in [0.15, 0.2) is 119 Å². The van der Waals surface area contributed by atoms with Crippen LogP contribution in [0.4, 0.5) is 5.82 Å². The summed E-state index contributed by atoms with van der Waals surface area (Å²) >= 11 is 1.55. The summed E-state index contributed by atoms with van der Waals surface area (Å²) in [7, 11) is 0. The Morgan fingerprint density at radius 1 is 0.905 bits per heavy atom. The molecule has 3 aromatic heterocycles. The number of aromatic nitrogens is 4. The van der Waals surface area contributed by atoms with E-state index in [2.05, 4.69) is 10.3 Å².